The molecule has 2 atom stereocenters. The predicted octanol–water partition coefficient (Wildman–Crippen LogP) is 2.53. The third-order valence-electron chi connectivity index (χ3n) is 5.96. The molecule has 0 aliphatic carbocycles. The van der Waals surface area contributed by atoms with Gasteiger partial charge in [-0.25, -0.2) is 0 Å². The maximum atomic E-state index is 13.1. The number of hydrogen-bond donors (Lipinski definition) is 0. The number of fused-ring (bicyclic) bond motifs is 3. The molecule has 0 radical (unpaired) electrons. The van der Waals surface area contributed by atoms with Crippen molar-refractivity contribution in [2.45, 2.75) is 57.7 Å². The number of hydrogen-bond acceptors (Lipinski definition) is 4. The van der Waals surface area contributed by atoms with Gasteiger partial charge in [0.05, 0.1) is 23.7 Å². The van der Waals surface area contributed by atoms with Crippen molar-refractivity contribution in [3.05, 3.63) is 29.8 Å². The van der Waals surface area contributed by atoms with E-state index < -0.39 is 5.66 Å². The Balaban J connectivity index is 1.74. The topological polar surface area (TPSA) is 84.7 Å². The Morgan fingerprint density at radius 3 is 2.79 bits per heavy atom. The molecule has 0 N–H and O–H groups in total. The zero-order valence-corrected chi connectivity index (χ0v) is 16.6. The zero-order chi connectivity index (χ0) is 20.5. The summed E-state index contributed by atoms with van der Waals surface area (Å²) < 4.78 is 0. The molecule has 7 nitrogen and oxygen atoms in total. The predicted molar refractivity (Wildman–Crippen MR) is 104 cm³/mol. The second kappa shape index (κ2) is 7.63. The maximum Gasteiger partial charge on any atom is 0.257 e. The molecule has 0 saturated carbocycles. The van der Waals surface area contributed by atoms with Gasteiger partial charge in [0.15, 0.2) is 0 Å². The summed E-state index contributed by atoms with van der Waals surface area (Å²) in [6.45, 7) is 4.17. The smallest absolute Gasteiger partial charge is 0.257 e. The quantitative estimate of drug-likeness (QED) is 0.757. The van der Waals surface area contributed by atoms with Crippen LogP contribution in [0.2, 0.25) is 0 Å². The first-order valence-electron chi connectivity index (χ1n) is 9.68. The van der Waals surface area contributed by atoms with E-state index in [0.29, 0.717) is 49.9 Å². The lowest BCUT2D eigenvalue weighted by molar-refractivity contribution is -0.131. The summed E-state index contributed by atoms with van der Waals surface area (Å²) in [6.07, 6.45) is 2.08. The van der Waals surface area contributed by atoms with Gasteiger partial charge in [-0.05, 0) is 38.8 Å². The van der Waals surface area contributed by atoms with E-state index in [1.54, 1.807) is 33.9 Å². The number of nitriles is 1. The molecule has 2 heterocycles. The molecular weight excluding hydrogens is 356 g/mol. The van der Waals surface area contributed by atoms with Crippen molar-refractivity contribution in [1.29, 1.82) is 5.26 Å². The summed E-state index contributed by atoms with van der Waals surface area (Å²) in [7, 11) is 1.70. The first-order chi connectivity index (χ1) is 13.3. The second-order valence-corrected chi connectivity index (χ2v) is 7.74. The van der Waals surface area contributed by atoms with Gasteiger partial charge in [0.25, 0.3) is 5.91 Å². The minimum atomic E-state index is -0.689. The van der Waals surface area contributed by atoms with Gasteiger partial charge < -0.3 is 9.80 Å². The monoisotopic (exact) mass is 382 g/mol. The second-order valence-electron chi connectivity index (χ2n) is 7.74. The molecule has 3 amide bonds. The number of carbonyl (C=O) groups is 3. The Bertz CT molecular complexity index is 846. The molecule has 3 rings (SSSR count). The third-order valence-corrected chi connectivity index (χ3v) is 5.96. The fraction of sp³-hybridized carbons (Fsp3) is 0.524. The average molecular weight is 382 g/mol. The zero-order valence-electron chi connectivity index (χ0n) is 16.6. The van der Waals surface area contributed by atoms with Crippen LogP contribution in [0, 0.1) is 11.3 Å². The van der Waals surface area contributed by atoms with Crippen molar-refractivity contribution in [2.24, 2.45) is 0 Å². The van der Waals surface area contributed by atoms with E-state index in [4.69, 9.17) is 5.26 Å². The first-order valence-corrected chi connectivity index (χ1v) is 9.68. The minimum Gasteiger partial charge on any atom is -0.342 e. The van der Waals surface area contributed by atoms with Gasteiger partial charge in [-0.3, -0.25) is 19.3 Å². The summed E-state index contributed by atoms with van der Waals surface area (Å²) in [5.74, 6) is -0.117. The average Bonchev–Trinajstić information content (AvgIpc) is 2.99. The molecule has 1 fully saturated rings. The first kappa shape index (κ1) is 19.9. The Morgan fingerprint density at radius 2 is 2.07 bits per heavy atom. The van der Waals surface area contributed by atoms with Gasteiger partial charge in [0.2, 0.25) is 11.8 Å². The standard InChI is InChI=1S/C21H26N4O3/c1-15(11-13-22)23(3)18(26)9-6-14-24-20(28)16-7-4-5-8-17(16)25-19(27)10-12-21(24,25)2/h4-5,7-8,15H,6,9-12,14H2,1-3H3. The number of amides is 3. The van der Waals surface area contributed by atoms with E-state index in [1.807, 2.05) is 26.0 Å². The lowest BCUT2D eigenvalue weighted by Crippen LogP contribution is -2.62. The molecule has 2 aliphatic rings. The Labute approximate surface area is 165 Å². The van der Waals surface area contributed by atoms with Crippen LogP contribution in [0.4, 0.5) is 5.69 Å². The molecule has 1 aromatic rings. The van der Waals surface area contributed by atoms with E-state index in [0.717, 1.165) is 0 Å². The van der Waals surface area contributed by atoms with Gasteiger partial charge >= 0.3 is 0 Å². The highest BCUT2D eigenvalue weighted by atomic mass is 16.2. The summed E-state index contributed by atoms with van der Waals surface area (Å²) in [6, 6.07) is 9.14. The van der Waals surface area contributed by atoms with Crippen molar-refractivity contribution in [3.63, 3.8) is 0 Å². The number of benzene rings is 1. The van der Waals surface area contributed by atoms with Crippen LogP contribution in [-0.2, 0) is 9.59 Å². The molecule has 28 heavy (non-hydrogen) atoms. The third kappa shape index (κ3) is 3.24. The van der Waals surface area contributed by atoms with Gasteiger partial charge in [0.1, 0.15) is 5.66 Å². The largest absolute Gasteiger partial charge is 0.342 e. The molecule has 0 aromatic heterocycles. The van der Waals surface area contributed by atoms with E-state index in [1.165, 1.54) is 0 Å². The summed E-state index contributed by atoms with van der Waals surface area (Å²) in [4.78, 5) is 43.1. The molecule has 2 aliphatic heterocycles. The Morgan fingerprint density at radius 1 is 1.36 bits per heavy atom. The maximum absolute atomic E-state index is 13.1. The summed E-state index contributed by atoms with van der Waals surface area (Å²) >= 11 is 0. The summed E-state index contributed by atoms with van der Waals surface area (Å²) in [5.41, 5.74) is 0.516. The fourth-order valence-corrected chi connectivity index (χ4v) is 4.12. The van der Waals surface area contributed by atoms with Crippen LogP contribution in [0.15, 0.2) is 24.3 Å². The molecule has 0 bridgehead atoms. The van der Waals surface area contributed by atoms with Crippen molar-refractivity contribution in [2.75, 3.05) is 18.5 Å². The van der Waals surface area contributed by atoms with E-state index in [2.05, 4.69) is 6.07 Å². The van der Waals surface area contributed by atoms with Crippen molar-refractivity contribution >= 4 is 23.4 Å². The van der Waals surface area contributed by atoms with E-state index in [-0.39, 0.29) is 23.8 Å². The molecule has 2 unspecified atom stereocenters. The summed E-state index contributed by atoms with van der Waals surface area (Å²) in [5, 5.41) is 8.80. The van der Waals surface area contributed by atoms with Crippen LogP contribution in [-0.4, -0.2) is 52.8 Å². The van der Waals surface area contributed by atoms with E-state index in [9.17, 15) is 14.4 Å². The Kier molecular flexibility index (Phi) is 5.41. The van der Waals surface area contributed by atoms with Crippen LogP contribution in [0.1, 0.15) is 56.3 Å². The van der Waals surface area contributed by atoms with Gasteiger partial charge in [0, 0.05) is 32.5 Å². The molecule has 0 spiro atoms. The number of rotatable bonds is 6. The number of para-hydroxylation sites is 1. The highest BCUT2D eigenvalue weighted by molar-refractivity contribution is 6.10. The SMILES string of the molecule is CC(CC#N)N(C)C(=O)CCCN1C(=O)c2ccccc2N2C(=O)CCC12C. The van der Waals surface area contributed by atoms with Crippen LogP contribution in [0.25, 0.3) is 0 Å². The van der Waals surface area contributed by atoms with Crippen molar-refractivity contribution in [3.8, 4) is 6.07 Å². The molecule has 7 heteroatoms. The fourth-order valence-electron chi connectivity index (χ4n) is 4.12. The lowest BCUT2D eigenvalue weighted by atomic mass is 9.98. The molecule has 148 valence electrons. The normalized spacial score (nSPS) is 21.8. The number of carbonyl (C=O) groups excluding carboxylic acids is 3. The van der Waals surface area contributed by atoms with Crippen LogP contribution in [0.3, 0.4) is 0 Å². The minimum absolute atomic E-state index is 0.0218. The highest BCUT2D eigenvalue weighted by Crippen LogP contribution is 2.44. The number of anilines is 1. The van der Waals surface area contributed by atoms with Crippen LogP contribution >= 0.6 is 0 Å². The van der Waals surface area contributed by atoms with Crippen molar-refractivity contribution < 1.29 is 14.4 Å². The Hall–Kier alpha value is -2.88. The lowest BCUT2D eigenvalue weighted by Gasteiger charge is -2.48. The van der Waals surface area contributed by atoms with Gasteiger partial charge in [-0.15, -0.1) is 0 Å². The van der Waals surface area contributed by atoms with Gasteiger partial charge in [-0.1, -0.05) is 12.1 Å². The molecule has 1 aromatic carbocycles. The molecule has 1 saturated heterocycles. The van der Waals surface area contributed by atoms with Gasteiger partial charge in [-0.2, -0.15) is 5.26 Å². The van der Waals surface area contributed by atoms with Crippen LogP contribution < -0.4 is 4.90 Å². The van der Waals surface area contributed by atoms with Crippen molar-refractivity contribution in [1.82, 2.24) is 9.80 Å². The van der Waals surface area contributed by atoms with Crippen LogP contribution in [0.5, 0.6) is 0 Å². The highest BCUT2D eigenvalue weighted by Gasteiger charge is 2.52. The van der Waals surface area contributed by atoms with E-state index >= 15 is 0 Å². The molecular formula is C21H26N4O3. The number of nitrogens with zero attached hydrogens (tertiary/aromatic N) is 4.